The van der Waals surface area contributed by atoms with Crippen molar-refractivity contribution in [2.24, 2.45) is 0 Å². The second-order valence-corrected chi connectivity index (χ2v) is 10.1. The number of hydrogen-bond donors (Lipinski definition) is 0. The number of carbonyl (C=O) groups is 1. The molecule has 0 bridgehead atoms. The molecule has 0 saturated heterocycles. The number of benzene rings is 2. The lowest BCUT2D eigenvalue weighted by atomic mass is 10.1. The third-order valence-electron chi connectivity index (χ3n) is 4.43. The van der Waals surface area contributed by atoms with Crippen molar-refractivity contribution in [3.05, 3.63) is 59.7 Å². The summed E-state index contributed by atoms with van der Waals surface area (Å²) in [6.07, 6.45) is -0.768. The van der Waals surface area contributed by atoms with Gasteiger partial charge in [0.15, 0.2) is 6.10 Å². The Hall–Kier alpha value is -2.27. The monoisotopic (exact) mass is 470 g/mol. The lowest BCUT2D eigenvalue weighted by Gasteiger charge is -2.15. The Kier molecular flexibility index (Phi) is 8.75. The molecule has 1 unspecified atom stereocenters. The highest BCUT2D eigenvalue weighted by molar-refractivity contribution is 7.87. The first-order chi connectivity index (χ1) is 14.5. The number of aryl methyl sites for hydroxylation is 2. The standard InChI is InChI=1S/C21H26O8S2/c1-16-7-11-18(12-8-16)30(23,24)28-15-5-4-6-20(21(22)27-3)29-31(25,26)19-13-9-17(2)10-14-19/h7-14,20H,4-6,15H2,1-3H3. The molecule has 2 aromatic carbocycles. The summed E-state index contributed by atoms with van der Waals surface area (Å²) in [5.41, 5.74) is 1.80. The lowest BCUT2D eigenvalue weighted by Crippen LogP contribution is -2.28. The highest BCUT2D eigenvalue weighted by Crippen LogP contribution is 2.19. The van der Waals surface area contributed by atoms with Gasteiger partial charge in [-0.2, -0.15) is 16.8 Å². The van der Waals surface area contributed by atoms with Crippen LogP contribution in [0.25, 0.3) is 0 Å². The minimum absolute atomic E-state index is 0.0195. The zero-order chi connectivity index (χ0) is 23.1. The molecule has 0 fully saturated rings. The summed E-state index contributed by atoms with van der Waals surface area (Å²) in [5, 5.41) is 0. The first-order valence-electron chi connectivity index (χ1n) is 9.59. The maximum atomic E-state index is 12.4. The third kappa shape index (κ3) is 7.42. The quantitative estimate of drug-likeness (QED) is 0.280. The average molecular weight is 471 g/mol. The fourth-order valence-corrected chi connectivity index (χ4v) is 4.63. The largest absolute Gasteiger partial charge is 0.467 e. The van der Waals surface area contributed by atoms with Gasteiger partial charge < -0.3 is 4.74 Å². The Morgan fingerprint density at radius 2 is 1.29 bits per heavy atom. The minimum Gasteiger partial charge on any atom is -0.467 e. The third-order valence-corrected chi connectivity index (χ3v) is 7.09. The highest BCUT2D eigenvalue weighted by Gasteiger charge is 2.28. The van der Waals surface area contributed by atoms with Crippen LogP contribution in [0.15, 0.2) is 58.3 Å². The molecule has 0 radical (unpaired) electrons. The van der Waals surface area contributed by atoms with Crippen molar-refractivity contribution in [3.8, 4) is 0 Å². The highest BCUT2D eigenvalue weighted by atomic mass is 32.2. The maximum Gasteiger partial charge on any atom is 0.336 e. The summed E-state index contributed by atoms with van der Waals surface area (Å²) in [4.78, 5) is 12.0. The van der Waals surface area contributed by atoms with E-state index < -0.39 is 32.3 Å². The van der Waals surface area contributed by atoms with E-state index in [1.807, 2.05) is 13.8 Å². The zero-order valence-electron chi connectivity index (χ0n) is 17.6. The number of methoxy groups -OCH3 is 1. The molecule has 1 atom stereocenters. The molecule has 0 saturated carbocycles. The summed E-state index contributed by atoms with van der Waals surface area (Å²) in [7, 11) is -6.92. The topological polar surface area (TPSA) is 113 Å². The van der Waals surface area contributed by atoms with E-state index in [9.17, 15) is 21.6 Å². The second kappa shape index (κ2) is 10.9. The van der Waals surface area contributed by atoms with Crippen LogP contribution in [0, 0.1) is 13.8 Å². The zero-order valence-corrected chi connectivity index (χ0v) is 19.2. The van der Waals surface area contributed by atoms with Crippen LogP contribution in [0.3, 0.4) is 0 Å². The SMILES string of the molecule is COC(=O)C(CCCCOS(=O)(=O)c1ccc(C)cc1)OS(=O)(=O)c1ccc(C)cc1. The number of unbranched alkanes of at least 4 members (excludes halogenated alkanes) is 1. The van der Waals surface area contributed by atoms with Gasteiger partial charge in [0.2, 0.25) is 0 Å². The summed E-state index contributed by atoms with van der Waals surface area (Å²) in [6.45, 7) is 3.54. The van der Waals surface area contributed by atoms with Gasteiger partial charge >= 0.3 is 5.97 Å². The minimum atomic E-state index is -4.16. The second-order valence-electron chi connectivity index (χ2n) is 6.96. The summed E-state index contributed by atoms with van der Waals surface area (Å²) in [6, 6.07) is 12.3. The molecule has 0 aliphatic heterocycles. The molecular weight excluding hydrogens is 444 g/mol. The Bertz CT molecular complexity index is 1070. The molecule has 0 aliphatic rings. The number of esters is 1. The van der Waals surface area contributed by atoms with Crippen molar-refractivity contribution in [2.75, 3.05) is 13.7 Å². The van der Waals surface area contributed by atoms with E-state index in [4.69, 9.17) is 8.37 Å². The molecule has 0 spiro atoms. The van der Waals surface area contributed by atoms with Crippen LogP contribution in [-0.2, 0) is 38.1 Å². The lowest BCUT2D eigenvalue weighted by molar-refractivity contribution is -0.149. The van der Waals surface area contributed by atoms with Crippen molar-refractivity contribution < 1.29 is 34.7 Å². The van der Waals surface area contributed by atoms with E-state index in [1.165, 1.54) is 24.3 Å². The Morgan fingerprint density at radius 3 is 1.77 bits per heavy atom. The van der Waals surface area contributed by atoms with Crippen molar-refractivity contribution in [3.63, 3.8) is 0 Å². The maximum absolute atomic E-state index is 12.4. The summed E-state index contributed by atoms with van der Waals surface area (Å²) in [5.74, 6) is -0.830. The van der Waals surface area contributed by atoms with Crippen molar-refractivity contribution >= 4 is 26.2 Å². The van der Waals surface area contributed by atoms with Gasteiger partial charge in [-0.1, -0.05) is 35.4 Å². The summed E-state index contributed by atoms with van der Waals surface area (Å²) < 4.78 is 63.9. The predicted molar refractivity (Wildman–Crippen MR) is 113 cm³/mol. The molecule has 170 valence electrons. The number of rotatable bonds is 11. The van der Waals surface area contributed by atoms with E-state index in [2.05, 4.69) is 4.74 Å². The van der Waals surface area contributed by atoms with Crippen molar-refractivity contribution in [1.29, 1.82) is 0 Å². The number of carbonyl (C=O) groups excluding carboxylic acids is 1. The molecule has 0 aromatic heterocycles. The fourth-order valence-electron chi connectivity index (χ4n) is 2.62. The van der Waals surface area contributed by atoms with Gasteiger partial charge in [-0.25, -0.2) is 4.79 Å². The normalized spacial score (nSPS) is 13.0. The molecule has 8 nitrogen and oxygen atoms in total. The van der Waals surface area contributed by atoms with Gasteiger partial charge in [0, 0.05) is 0 Å². The van der Waals surface area contributed by atoms with E-state index in [-0.39, 0.29) is 35.7 Å². The smallest absolute Gasteiger partial charge is 0.336 e. The number of hydrogen-bond acceptors (Lipinski definition) is 8. The molecule has 31 heavy (non-hydrogen) atoms. The fraction of sp³-hybridized carbons (Fsp3) is 0.381. The van der Waals surface area contributed by atoms with Crippen LogP contribution >= 0.6 is 0 Å². The van der Waals surface area contributed by atoms with E-state index in [0.29, 0.717) is 0 Å². The van der Waals surface area contributed by atoms with Gasteiger partial charge in [0.1, 0.15) is 0 Å². The van der Waals surface area contributed by atoms with Crippen LogP contribution in [0.2, 0.25) is 0 Å². The Balaban J connectivity index is 1.91. The van der Waals surface area contributed by atoms with Gasteiger partial charge in [-0.05, 0) is 57.4 Å². The van der Waals surface area contributed by atoms with Gasteiger partial charge in [-0.3, -0.25) is 8.37 Å². The summed E-state index contributed by atoms with van der Waals surface area (Å²) >= 11 is 0. The van der Waals surface area contributed by atoms with E-state index in [1.54, 1.807) is 24.3 Å². The number of ether oxygens (including phenoxy) is 1. The molecule has 10 heteroatoms. The van der Waals surface area contributed by atoms with E-state index in [0.717, 1.165) is 18.2 Å². The first kappa shape index (κ1) is 25.0. The van der Waals surface area contributed by atoms with Crippen molar-refractivity contribution in [2.45, 2.75) is 49.0 Å². The first-order valence-corrected chi connectivity index (χ1v) is 12.4. The van der Waals surface area contributed by atoms with Crippen LogP contribution in [0.1, 0.15) is 30.4 Å². The van der Waals surface area contributed by atoms with Crippen LogP contribution in [0.4, 0.5) is 0 Å². The van der Waals surface area contributed by atoms with Gasteiger partial charge in [-0.15, -0.1) is 0 Å². The van der Waals surface area contributed by atoms with E-state index >= 15 is 0 Å². The van der Waals surface area contributed by atoms with Crippen LogP contribution in [-0.4, -0.2) is 42.6 Å². The van der Waals surface area contributed by atoms with Crippen molar-refractivity contribution in [1.82, 2.24) is 0 Å². The van der Waals surface area contributed by atoms with Crippen LogP contribution < -0.4 is 0 Å². The van der Waals surface area contributed by atoms with Crippen LogP contribution in [0.5, 0.6) is 0 Å². The molecule has 2 rings (SSSR count). The van der Waals surface area contributed by atoms with Gasteiger partial charge in [0.25, 0.3) is 20.2 Å². The Morgan fingerprint density at radius 1 is 0.806 bits per heavy atom. The average Bonchev–Trinajstić information content (AvgIpc) is 2.72. The molecular formula is C21H26O8S2. The Labute approximate surface area is 183 Å². The molecule has 0 aliphatic carbocycles. The molecule has 2 aromatic rings. The molecule has 0 N–H and O–H groups in total. The molecule has 0 heterocycles. The molecule has 0 amide bonds. The predicted octanol–water partition coefficient (Wildman–Crippen LogP) is 3.13. The van der Waals surface area contributed by atoms with Gasteiger partial charge in [0.05, 0.1) is 23.5 Å².